The lowest BCUT2D eigenvalue weighted by molar-refractivity contribution is 0.735. The molecule has 144 valence electrons. The van der Waals surface area contributed by atoms with E-state index in [0.717, 1.165) is 5.75 Å². The van der Waals surface area contributed by atoms with Crippen molar-refractivity contribution >= 4 is 23.4 Å². The first-order chi connectivity index (χ1) is 12.2. The molecule has 0 N–H and O–H groups in total. The normalized spacial score (nSPS) is 10.4. The zero-order valence-electron chi connectivity index (χ0n) is 18.0. The number of rotatable bonds is 6. The largest absolute Gasteiger partial charge is 0.179 e. The van der Waals surface area contributed by atoms with Crippen LogP contribution in [0, 0.1) is 0 Å². The van der Waals surface area contributed by atoms with Crippen LogP contribution < -0.4 is 0 Å². The van der Waals surface area contributed by atoms with Crippen molar-refractivity contribution in [2.45, 2.75) is 87.0 Å². The molecule has 1 heteroatoms. The molecule has 0 aliphatic carbocycles. The lowest BCUT2D eigenvalue weighted by Gasteiger charge is -2.11. The molecule has 0 saturated heterocycles. The number of thiol groups is 1. The van der Waals surface area contributed by atoms with Crippen molar-refractivity contribution in [2.75, 3.05) is 5.75 Å². The third-order valence-corrected chi connectivity index (χ3v) is 4.30. The SMILES string of the molecule is CC.CC.CC.CCC(C)c1ccc2cc(CCCCS)ccc2c1. The number of aryl methyl sites for hydroxylation is 1. The van der Waals surface area contributed by atoms with Gasteiger partial charge < -0.3 is 0 Å². The quantitative estimate of drug-likeness (QED) is 0.385. The molecule has 0 fully saturated rings. The van der Waals surface area contributed by atoms with E-state index in [1.54, 1.807) is 0 Å². The van der Waals surface area contributed by atoms with Gasteiger partial charge in [-0.15, -0.1) is 0 Å². The predicted octanol–water partition coefficient (Wildman–Crippen LogP) is 8.68. The monoisotopic (exact) mass is 362 g/mol. The van der Waals surface area contributed by atoms with Crippen LogP contribution in [0.15, 0.2) is 36.4 Å². The van der Waals surface area contributed by atoms with Crippen molar-refractivity contribution in [1.82, 2.24) is 0 Å². The van der Waals surface area contributed by atoms with Gasteiger partial charge in [-0.1, -0.05) is 91.8 Å². The highest BCUT2D eigenvalue weighted by Gasteiger charge is 2.04. The molecule has 0 radical (unpaired) electrons. The molecule has 0 bridgehead atoms. The van der Waals surface area contributed by atoms with Crippen LogP contribution in [0.3, 0.4) is 0 Å². The molecule has 2 aromatic carbocycles. The summed E-state index contributed by atoms with van der Waals surface area (Å²) in [5.74, 6) is 1.64. The molecule has 2 aromatic rings. The molecule has 0 aromatic heterocycles. The Labute approximate surface area is 163 Å². The summed E-state index contributed by atoms with van der Waals surface area (Å²) in [7, 11) is 0. The van der Waals surface area contributed by atoms with Crippen molar-refractivity contribution in [3.63, 3.8) is 0 Å². The first kappa shape index (κ1) is 26.3. The van der Waals surface area contributed by atoms with Gasteiger partial charge in [0.15, 0.2) is 0 Å². The van der Waals surface area contributed by atoms with Gasteiger partial charge in [0.25, 0.3) is 0 Å². The molecule has 0 spiro atoms. The van der Waals surface area contributed by atoms with Crippen LogP contribution in [-0.2, 0) is 6.42 Å². The van der Waals surface area contributed by atoms with E-state index in [9.17, 15) is 0 Å². The second kappa shape index (κ2) is 17.9. The molecule has 0 aliphatic heterocycles. The van der Waals surface area contributed by atoms with Gasteiger partial charge in [-0.3, -0.25) is 0 Å². The van der Waals surface area contributed by atoms with Crippen LogP contribution >= 0.6 is 12.6 Å². The molecule has 25 heavy (non-hydrogen) atoms. The first-order valence-corrected chi connectivity index (χ1v) is 11.0. The molecule has 0 amide bonds. The molecule has 0 heterocycles. The Kier molecular flexibility index (Phi) is 18.8. The number of hydrogen-bond acceptors (Lipinski definition) is 1. The maximum atomic E-state index is 4.27. The Bertz CT molecular complexity index is 531. The molecule has 1 unspecified atom stereocenters. The average molecular weight is 363 g/mol. The minimum atomic E-state index is 0.652. The van der Waals surface area contributed by atoms with Crippen molar-refractivity contribution < 1.29 is 0 Å². The number of fused-ring (bicyclic) bond motifs is 1. The van der Waals surface area contributed by atoms with E-state index in [2.05, 4.69) is 62.9 Å². The van der Waals surface area contributed by atoms with Crippen LogP contribution in [0.25, 0.3) is 10.8 Å². The topological polar surface area (TPSA) is 0 Å². The predicted molar refractivity (Wildman–Crippen MR) is 123 cm³/mol. The fourth-order valence-corrected chi connectivity index (χ4v) is 2.68. The summed E-state index contributed by atoms with van der Waals surface area (Å²) in [6.45, 7) is 16.5. The molecule has 0 aliphatic rings. The zero-order chi connectivity index (χ0) is 19.7. The second-order valence-corrected chi connectivity index (χ2v) is 5.88. The van der Waals surface area contributed by atoms with Crippen LogP contribution in [-0.4, -0.2) is 5.75 Å². The summed E-state index contributed by atoms with van der Waals surface area (Å²) in [6.07, 6.45) is 4.81. The molecular weight excluding hydrogens is 320 g/mol. The Morgan fingerprint density at radius 3 is 1.92 bits per heavy atom. The summed E-state index contributed by atoms with van der Waals surface area (Å²) in [6, 6.07) is 13.8. The standard InChI is InChI=1S/C18H24S.3C2H6/c1-3-14(2)16-9-10-17-12-15(6-4-5-11-19)7-8-18(17)13-16;3*1-2/h7-10,12-14,19H,3-6,11H2,1-2H3;3*1-2H3. The Hall–Kier alpha value is -0.950. The van der Waals surface area contributed by atoms with Crippen LogP contribution in [0.4, 0.5) is 0 Å². The highest BCUT2D eigenvalue weighted by atomic mass is 32.1. The first-order valence-electron chi connectivity index (χ1n) is 10.4. The summed E-state index contributed by atoms with van der Waals surface area (Å²) >= 11 is 4.27. The maximum absolute atomic E-state index is 4.27. The summed E-state index contributed by atoms with van der Waals surface area (Å²) < 4.78 is 0. The van der Waals surface area contributed by atoms with Gasteiger partial charge in [0.2, 0.25) is 0 Å². The van der Waals surface area contributed by atoms with E-state index in [0.29, 0.717) is 5.92 Å². The van der Waals surface area contributed by atoms with Gasteiger partial charge in [-0.05, 0) is 59.3 Å². The lowest BCUT2D eigenvalue weighted by Crippen LogP contribution is -1.91. The maximum Gasteiger partial charge on any atom is -0.00978 e. The average Bonchev–Trinajstić information content (AvgIpc) is 2.71. The van der Waals surface area contributed by atoms with E-state index in [-0.39, 0.29) is 0 Å². The number of unbranched alkanes of at least 4 members (excludes halogenated alkanes) is 1. The molecule has 1 atom stereocenters. The van der Waals surface area contributed by atoms with E-state index in [1.165, 1.54) is 47.6 Å². The summed E-state index contributed by atoms with van der Waals surface area (Å²) in [5, 5.41) is 2.74. The Balaban J connectivity index is 0. The fourth-order valence-electron chi connectivity index (χ4n) is 2.45. The zero-order valence-corrected chi connectivity index (χ0v) is 18.9. The second-order valence-electron chi connectivity index (χ2n) is 5.43. The van der Waals surface area contributed by atoms with Crippen LogP contribution in [0.1, 0.15) is 91.7 Å². The smallest absolute Gasteiger partial charge is 0.00978 e. The minimum Gasteiger partial charge on any atom is -0.179 e. The molecule has 0 nitrogen and oxygen atoms in total. The number of hydrogen-bond donors (Lipinski definition) is 1. The van der Waals surface area contributed by atoms with Gasteiger partial charge in [0, 0.05) is 0 Å². The van der Waals surface area contributed by atoms with E-state index in [4.69, 9.17) is 0 Å². The third-order valence-electron chi connectivity index (χ3n) is 3.98. The Morgan fingerprint density at radius 1 is 0.800 bits per heavy atom. The highest BCUT2D eigenvalue weighted by molar-refractivity contribution is 7.80. The van der Waals surface area contributed by atoms with Crippen molar-refractivity contribution in [3.8, 4) is 0 Å². The van der Waals surface area contributed by atoms with Crippen molar-refractivity contribution in [1.29, 1.82) is 0 Å². The van der Waals surface area contributed by atoms with Gasteiger partial charge >= 0.3 is 0 Å². The summed E-state index contributed by atoms with van der Waals surface area (Å²) in [5.41, 5.74) is 2.91. The van der Waals surface area contributed by atoms with Crippen LogP contribution in [0.5, 0.6) is 0 Å². The van der Waals surface area contributed by atoms with Gasteiger partial charge in [0.1, 0.15) is 0 Å². The third kappa shape index (κ3) is 9.94. The van der Waals surface area contributed by atoms with Crippen molar-refractivity contribution in [3.05, 3.63) is 47.5 Å². The number of benzene rings is 2. The van der Waals surface area contributed by atoms with E-state index in [1.807, 2.05) is 41.5 Å². The van der Waals surface area contributed by atoms with Gasteiger partial charge in [0.05, 0.1) is 0 Å². The van der Waals surface area contributed by atoms with Crippen LogP contribution in [0.2, 0.25) is 0 Å². The molecular formula is C24H42S. The Morgan fingerprint density at radius 2 is 1.36 bits per heavy atom. The molecule has 2 rings (SSSR count). The van der Waals surface area contributed by atoms with Gasteiger partial charge in [-0.2, -0.15) is 12.6 Å². The van der Waals surface area contributed by atoms with Crippen molar-refractivity contribution in [2.24, 2.45) is 0 Å². The molecule has 0 saturated carbocycles. The van der Waals surface area contributed by atoms with Gasteiger partial charge in [-0.25, -0.2) is 0 Å². The van der Waals surface area contributed by atoms with E-state index < -0.39 is 0 Å². The lowest BCUT2D eigenvalue weighted by atomic mass is 9.95. The fraction of sp³-hybridized carbons (Fsp3) is 0.583. The van der Waals surface area contributed by atoms with E-state index >= 15 is 0 Å². The highest BCUT2D eigenvalue weighted by Crippen LogP contribution is 2.24. The summed E-state index contributed by atoms with van der Waals surface area (Å²) in [4.78, 5) is 0. The minimum absolute atomic E-state index is 0.652.